The first-order valence-corrected chi connectivity index (χ1v) is 6.89. The predicted octanol–water partition coefficient (Wildman–Crippen LogP) is 4.80. The highest BCUT2D eigenvalue weighted by molar-refractivity contribution is 9.10. The van der Waals surface area contributed by atoms with Crippen molar-refractivity contribution in [3.63, 3.8) is 0 Å². The molecule has 2 atom stereocenters. The fourth-order valence-corrected chi connectivity index (χ4v) is 2.74. The third-order valence-electron chi connectivity index (χ3n) is 2.92. The zero-order chi connectivity index (χ0) is 12.1. The minimum absolute atomic E-state index is 0.324. The molecule has 0 radical (unpaired) electrons. The third kappa shape index (κ3) is 3.47. The molecular formula is C13H19BrClN. The van der Waals surface area contributed by atoms with Crippen molar-refractivity contribution < 1.29 is 0 Å². The third-order valence-corrected chi connectivity index (χ3v) is 3.75. The number of benzene rings is 1. The maximum absolute atomic E-state index is 6.25. The minimum Gasteiger partial charge on any atom is -0.313 e. The Morgan fingerprint density at radius 1 is 1.44 bits per heavy atom. The quantitative estimate of drug-likeness (QED) is 0.824. The first kappa shape index (κ1) is 14.0. The van der Waals surface area contributed by atoms with Crippen LogP contribution in [0.15, 0.2) is 22.7 Å². The first-order valence-electron chi connectivity index (χ1n) is 5.72. The lowest BCUT2D eigenvalue weighted by Gasteiger charge is -2.24. The van der Waals surface area contributed by atoms with Crippen LogP contribution >= 0.6 is 27.5 Å². The van der Waals surface area contributed by atoms with Crippen molar-refractivity contribution >= 4 is 27.5 Å². The van der Waals surface area contributed by atoms with E-state index in [0.717, 1.165) is 9.50 Å². The molecule has 0 heterocycles. The molecule has 0 saturated carbocycles. The van der Waals surface area contributed by atoms with Gasteiger partial charge in [0.25, 0.3) is 0 Å². The van der Waals surface area contributed by atoms with Gasteiger partial charge in [0.1, 0.15) is 0 Å². The lowest BCUT2D eigenvalue weighted by atomic mass is 9.91. The summed E-state index contributed by atoms with van der Waals surface area (Å²) in [6, 6.07) is 6.35. The number of halogens is 2. The van der Waals surface area contributed by atoms with Crippen molar-refractivity contribution in [1.29, 1.82) is 0 Å². The highest BCUT2D eigenvalue weighted by Gasteiger charge is 2.19. The van der Waals surface area contributed by atoms with Crippen molar-refractivity contribution in [1.82, 2.24) is 5.32 Å². The first-order chi connectivity index (χ1) is 7.60. The van der Waals surface area contributed by atoms with Crippen LogP contribution in [-0.4, -0.2) is 7.05 Å². The van der Waals surface area contributed by atoms with E-state index in [2.05, 4.69) is 41.2 Å². The van der Waals surface area contributed by atoms with Crippen molar-refractivity contribution in [2.45, 2.75) is 32.7 Å². The van der Waals surface area contributed by atoms with E-state index in [1.165, 1.54) is 18.4 Å². The van der Waals surface area contributed by atoms with Gasteiger partial charge < -0.3 is 5.32 Å². The maximum Gasteiger partial charge on any atom is 0.0454 e. The second kappa shape index (κ2) is 6.63. The van der Waals surface area contributed by atoms with Crippen molar-refractivity contribution in [2.75, 3.05) is 7.05 Å². The van der Waals surface area contributed by atoms with Gasteiger partial charge in [0, 0.05) is 15.5 Å². The molecular weight excluding hydrogens is 286 g/mol. The van der Waals surface area contributed by atoms with E-state index in [1.807, 2.05) is 19.2 Å². The monoisotopic (exact) mass is 303 g/mol. The van der Waals surface area contributed by atoms with Crippen LogP contribution < -0.4 is 5.32 Å². The summed E-state index contributed by atoms with van der Waals surface area (Å²) >= 11 is 9.75. The van der Waals surface area contributed by atoms with Gasteiger partial charge in [0.2, 0.25) is 0 Å². The molecule has 1 aromatic carbocycles. The molecule has 0 aliphatic rings. The Morgan fingerprint density at radius 2 is 2.12 bits per heavy atom. The molecule has 0 fully saturated rings. The summed E-state index contributed by atoms with van der Waals surface area (Å²) in [6.45, 7) is 4.48. The molecule has 1 aromatic rings. The van der Waals surface area contributed by atoms with E-state index in [0.29, 0.717) is 12.0 Å². The van der Waals surface area contributed by atoms with Gasteiger partial charge in [-0.2, -0.15) is 0 Å². The van der Waals surface area contributed by atoms with Gasteiger partial charge in [-0.15, -0.1) is 0 Å². The van der Waals surface area contributed by atoms with Crippen LogP contribution in [0.3, 0.4) is 0 Å². The normalized spacial score (nSPS) is 14.8. The van der Waals surface area contributed by atoms with Crippen LogP contribution in [0.4, 0.5) is 0 Å². The average molecular weight is 305 g/mol. The van der Waals surface area contributed by atoms with Crippen LogP contribution in [0.25, 0.3) is 0 Å². The largest absolute Gasteiger partial charge is 0.313 e. The molecule has 1 nitrogen and oxygen atoms in total. The smallest absolute Gasteiger partial charge is 0.0454 e. The topological polar surface area (TPSA) is 12.0 Å². The highest BCUT2D eigenvalue weighted by Crippen LogP contribution is 2.32. The average Bonchev–Trinajstić information content (AvgIpc) is 2.24. The van der Waals surface area contributed by atoms with Crippen molar-refractivity contribution in [3.8, 4) is 0 Å². The summed E-state index contributed by atoms with van der Waals surface area (Å²) < 4.78 is 1.08. The molecule has 0 bridgehead atoms. The molecule has 1 N–H and O–H groups in total. The second-order valence-electron chi connectivity index (χ2n) is 4.20. The zero-order valence-electron chi connectivity index (χ0n) is 10.1. The molecule has 16 heavy (non-hydrogen) atoms. The molecule has 2 unspecified atom stereocenters. The molecule has 0 aliphatic carbocycles. The van der Waals surface area contributed by atoms with Gasteiger partial charge in [-0.25, -0.2) is 0 Å². The SMILES string of the molecule is CCCC(C)C(NC)c1cc(Br)ccc1Cl. The zero-order valence-corrected chi connectivity index (χ0v) is 12.4. The van der Waals surface area contributed by atoms with Crippen molar-refractivity contribution in [3.05, 3.63) is 33.3 Å². The Kier molecular flexibility index (Phi) is 5.81. The second-order valence-corrected chi connectivity index (χ2v) is 5.52. The minimum atomic E-state index is 0.324. The van der Waals surface area contributed by atoms with E-state index in [-0.39, 0.29) is 0 Å². The number of rotatable bonds is 5. The maximum atomic E-state index is 6.25. The Morgan fingerprint density at radius 3 is 2.69 bits per heavy atom. The summed E-state index contributed by atoms with van der Waals surface area (Å²) in [5.41, 5.74) is 1.18. The molecule has 3 heteroatoms. The van der Waals surface area contributed by atoms with Gasteiger partial charge in [-0.3, -0.25) is 0 Å². The van der Waals surface area contributed by atoms with Gasteiger partial charge in [-0.1, -0.05) is 47.8 Å². The van der Waals surface area contributed by atoms with E-state index < -0.39 is 0 Å². The van der Waals surface area contributed by atoms with Crippen LogP contribution in [-0.2, 0) is 0 Å². The van der Waals surface area contributed by atoms with Crippen LogP contribution in [0.1, 0.15) is 38.3 Å². The van der Waals surface area contributed by atoms with Crippen LogP contribution in [0.5, 0.6) is 0 Å². The summed E-state index contributed by atoms with van der Waals surface area (Å²) in [5.74, 6) is 0.585. The molecule has 0 aromatic heterocycles. The van der Waals surface area contributed by atoms with Gasteiger partial charge in [0.15, 0.2) is 0 Å². The van der Waals surface area contributed by atoms with Crippen molar-refractivity contribution in [2.24, 2.45) is 5.92 Å². The summed E-state index contributed by atoms with van der Waals surface area (Å²) in [5, 5.41) is 4.20. The number of nitrogens with one attached hydrogen (secondary N) is 1. The Balaban J connectivity index is 2.98. The van der Waals surface area contributed by atoms with E-state index in [4.69, 9.17) is 11.6 Å². The molecule has 90 valence electrons. The fraction of sp³-hybridized carbons (Fsp3) is 0.538. The lowest BCUT2D eigenvalue weighted by molar-refractivity contribution is 0.384. The summed E-state index contributed by atoms with van der Waals surface area (Å²) in [6.07, 6.45) is 2.40. The van der Waals surface area contributed by atoms with Crippen LogP contribution in [0.2, 0.25) is 5.02 Å². The van der Waals surface area contributed by atoms with Crippen LogP contribution in [0, 0.1) is 5.92 Å². The highest BCUT2D eigenvalue weighted by atomic mass is 79.9. The Bertz CT molecular complexity index is 341. The molecule has 0 amide bonds. The van der Waals surface area contributed by atoms with Gasteiger partial charge >= 0.3 is 0 Å². The van der Waals surface area contributed by atoms with Gasteiger partial charge in [-0.05, 0) is 43.1 Å². The number of hydrogen-bond donors (Lipinski definition) is 1. The summed E-state index contributed by atoms with van der Waals surface area (Å²) in [7, 11) is 1.99. The summed E-state index contributed by atoms with van der Waals surface area (Å²) in [4.78, 5) is 0. The lowest BCUT2D eigenvalue weighted by Crippen LogP contribution is -2.23. The fourth-order valence-electron chi connectivity index (χ4n) is 2.12. The standard InChI is InChI=1S/C13H19BrClN/c1-4-5-9(2)13(16-3)11-8-10(14)6-7-12(11)15/h6-9,13,16H,4-5H2,1-3H3. The molecule has 0 saturated heterocycles. The predicted molar refractivity (Wildman–Crippen MR) is 75.0 cm³/mol. The van der Waals surface area contributed by atoms with Gasteiger partial charge in [0.05, 0.1) is 0 Å². The molecule has 0 aliphatic heterocycles. The van der Waals surface area contributed by atoms with E-state index in [1.54, 1.807) is 0 Å². The molecule has 1 rings (SSSR count). The molecule has 0 spiro atoms. The van der Waals surface area contributed by atoms with E-state index in [9.17, 15) is 0 Å². The number of hydrogen-bond acceptors (Lipinski definition) is 1. The Hall–Kier alpha value is -0.0500. The Labute approximate surface area is 112 Å². The van der Waals surface area contributed by atoms with E-state index >= 15 is 0 Å².